The molecule has 13 aromatic rings. The summed E-state index contributed by atoms with van der Waals surface area (Å²) < 4.78 is 5.12. The summed E-state index contributed by atoms with van der Waals surface area (Å²) in [6, 6.07) is 90.8. The molecular weight excluding hydrogens is 841 g/mol. The van der Waals surface area contributed by atoms with Crippen molar-refractivity contribution in [1.29, 1.82) is 0 Å². The lowest BCUT2D eigenvalue weighted by atomic mass is 9.65. The first-order valence-corrected chi connectivity index (χ1v) is 24.3. The maximum absolute atomic E-state index is 2.57. The molecule has 0 fully saturated rings. The Morgan fingerprint density at radius 1 is 0.353 bits per heavy atom. The van der Waals surface area contributed by atoms with E-state index in [4.69, 9.17) is 0 Å². The topological polar surface area (TPSA) is 8.17 Å². The zero-order chi connectivity index (χ0) is 44.5. The summed E-state index contributed by atoms with van der Waals surface area (Å²) in [6.45, 7) is 0. The molecular formula is C65H40N2S. The van der Waals surface area contributed by atoms with Crippen molar-refractivity contribution in [3.63, 3.8) is 0 Å². The normalized spacial score (nSPS) is 14.5. The molecule has 0 amide bonds. The summed E-state index contributed by atoms with van der Waals surface area (Å²) in [4.78, 5) is 2.57. The van der Waals surface area contributed by atoms with Crippen LogP contribution >= 0.6 is 11.3 Å². The van der Waals surface area contributed by atoms with Crippen molar-refractivity contribution in [2.24, 2.45) is 0 Å². The number of thiophene rings is 1. The van der Waals surface area contributed by atoms with Crippen molar-refractivity contribution in [3.05, 3.63) is 265 Å². The van der Waals surface area contributed by atoms with Gasteiger partial charge in [0.05, 0.1) is 33.5 Å². The highest BCUT2D eigenvalue weighted by molar-refractivity contribution is 7.25. The number of hydrogen-bond donors (Lipinski definition) is 0. The average Bonchev–Trinajstić information content (AvgIpc) is 4.05. The van der Waals surface area contributed by atoms with Crippen LogP contribution < -0.4 is 4.90 Å². The predicted octanol–water partition coefficient (Wildman–Crippen LogP) is 17.8. The third-order valence-corrected chi connectivity index (χ3v) is 16.1. The molecule has 1 unspecified atom stereocenters. The van der Waals surface area contributed by atoms with E-state index in [1.165, 1.54) is 114 Å². The zero-order valence-electron chi connectivity index (χ0n) is 36.9. The summed E-state index contributed by atoms with van der Waals surface area (Å²) in [5.41, 5.74) is 19.1. The number of rotatable bonds is 5. The van der Waals surface area contributed by atoms with Crippen LogP contribution in [0.25, 0.3) is 91.8 Å². The number of para-hydroxylation sites is 4. The van der Waals surface area contributed by atoms with Crippen LogP contribution in [-0.2, 0) is 5.41 Å². The lowest BCUT2D eigenvalue weighted by molar-refractivity contribution is 0.748. The quantitative estimate of drug-likeness (QED) is 0.167. The van der Waals surface area contributed by atoms with Gasteiger partial charge in [-0.1, -0.05) is 194 Å². The Kier molecular flexibility index (Phi) is 7.90. The number of fused-ring (bicyclic) bond motifs is 16. The lowest BCUT2D eigenvalue weighted by Crippen LogP contribution is -2.33. The molecule has 0 N–H and O–H groups in total. The second kappa shape index (κ2) is 14.3. The smallest absolute Gasteiger partial charge is 0.0755 e. The van der Waals surface area contributed by atoms with E-state index in [1.807, 2.05) is 11.3 Å². The van der Waals surface area contributed by atoms with Gasteiger partial charge in [-0.05, 0) is 104 Å². The molecule has 11 aromatic carbocycles. The Bertz CT molecular complexity index is 4240. The molecule has 0 radical (unpaired) electrons. The van der Waals surface area contributed by atoms with Crippen LogP contribution in [-0.4, -0.2) is 4.57 Å². The molecule has 3 heteroatoms. The fourth-order valence-electron chi connectivity index (χ4n) is 12.3. The van der Waals surface area contributed by atoms with Gasteiger partial charge < -0.3 is 9.47 Å². The Balaban J connectivity index is 1.05. The molecule has 1 aliphatic heterocycles. The maximum Gasteiger partial charge on any atom is 0.0755 e. The van der Waals surface area contributed by atoms with Crippen LogP contribution in [0.15, 0.2) is 243 Å². The van der Waals surface area contributed by atoms with Gasteiger partial charge in [-0.15, -0.1) is 11.3 Å². The molecule has 316 valence electrons. The van der Waals surface area contributed by atoms with E-state index in [9.17, 15) is 0 Å². The second-order valence-corrected chi connectivity index (χ2v) is 19.4. The molecule has 15 rings (SSSR count). The van der Waals surface area contributed by atoms with Gasteiger partial charge in [-0.3, -0.25) is 0 Å². The predicted molar refractivity (Wildman–Crippen MR) is 288 cm³/mol. The van der Waals surface area contributed by atoms with Crippen LogP contribution in [0.5, 0.6) is 0 Å². The molecule has 0 saturated carbocycles. The summed E-state index contributed by atoms with van der Waals surface area (Å²) in [5, 5.41) is 7.60. The number of nitrogens with zero attached hydrogens (tertiary/aromatic N) is 2. The van der Waals surface area contributed by atoms with Gasteiger partial charge in [-0.2, -0.15) is 0 Å². The third-order valence-electron chi connectivity index (χ3n) is 15.0. The Morgan fingerprint density at radius 3 is 1.82 bits per heavy atom. The largest absolute Gasteiger partial charge is 0.309 e. The van der Waals surface area contributed by atoms with Crippen molar-refractivity contribution < 1.29 is 0 Å². The van der Waals surface area contributed by atoms with Crippen LogP contribution in [0.3, 0.4) is 0 Å². The minimum Gasteiger partial charge on any atom is -0.309 e. The number of aromatic nitrogens is 1. The van der Waals surface area contributed by atoms with Gasteiger partial charge in [-0.25, -0.2) is 0 Å². The highest BCUT2D eigenvalue weighted by Crippen LogP contribution is 2.63. The monoisotopic (exact) mass is 880 g/mol. The van der Waals surface area contributed by atoms with Gasteiger partial charge in [0.15, 0.2) is 0 Å². The maximum atomic E-state index is 2.57. The molecule has 1 spiro atoms. The van der Waals surface area contributed by atoms with E-state index in [1.54, 1.807) is 0 Å². The van der Waals surface area contributed by atoms with Crippen molar-refractivity contribution in [1.82, 2.24) is 4.57 Å². The average molecular weight is 881 g/mol. The van der Waals surface area contributed by atoms with Crippen molar-refractivity contribution >= 4 is 81.1 Å². The molecule has 0 saturated heterocycles. The third kappa shape index (κ3) is 5.01. The van der Waals surface area contributed by atoms with Crippen LogP contribution in [0, 0.1) is 0 Å². The Morgan fingerprint density at radius 2 is 0.926 bits per heavy atom. The first kappa shape index (κ1) is 37.7. The van der Waals surface area contributed by atoms with E-state index in [0.717, 1.165) is 17.1 Å². The Hall–Kier alpha value is -8.50. The number of benzene rings is 11. The van der Waals surface area contributed by atoms with Crippen molar-refractivity contribution in [2.75, 3.05) is 4.90 Å². The molecule has 1 aliphatic carbocycles. The van der Waals surface area contributed by atoms with Gasteiger partial charge in [0.25, 0.3) is 0 Å². The molecule has 2 aromatic heterocycles. The summed E-state index contributed by atoms with van der Waals surface area (Å²) >= 11 is 1.87. The molecule has 0 bridgehead atoms. The van der Waals surface area contributed by atoms with Crippen molar-refractivity contribution in [3.8, 4) is 39.1 Å². The van der Waals surface area contributed by atoms with Gasteiger partial charge in [0.1, 0.15) is 0 Å². The van der Waals surface area contributed by atoms with E-state index in [-0.39, 0.29) is 0 Å². The van der Waals surface area contributed by atoms with E-state index in [2.05, 4.69) is 252 Å². The highest BCUT2D eigenvalue weighted by atomic mass is 32.1. The minimum absolute atomic E-state index is 0.581. The minimum atomic E-state index is -0.581. The van der Waals surface area contributed by atoms with E-state index >= 15 is 0 Å². The SMILES string of the molecule is c1ccc(-c2cccc3ccccc23)c(-c2ccccc2N(c2ccc3sc4ccccc4c3c2)c2cccc3c2-c2ccccc2C32c3ccccc3-n3c4ccccc4c4cccc2c43)c1. The molecule has 2 aliphatic rings. The van der Waals surface area contributed by atoms with Crippen LogP contribution in [0.4, 0.5) is 17.1 Å². The van der Waals surface area contributed by atoms with E-state index < -0.39 is 5.41 Å². The molecule has 1 atom stereocenters. The van der Waals surface area contributed by atoms with Crippen LogP contribution in [0.1, 0.15) is 22.3 Å². The second-order valence-electron chi connectivity index (χ2n) is 18.3. The number of anilines is 3. The van der Waals surface area contributed by atoms with Gasteiger partial charge >= 0.3 is 0 Å². The lowest BCUT2D eigenvalue weighted by Gasteiger charge is -2.39. The highest BCUT2D eigenvalue weighted by Gasteiger charge is 2.51. The van der Waals surface area contributed by atoms with Gasteiger partial charge in [0.2, 0.25) is 0 Å². The summed E-state index contributed by atoms with van der Waals surface area (Å²) in [5.74, 6) is 0. The van der Waals surface area contributed by atoms with Crippen LogP contribution in [0.2, 0.25) is 0 Å². The molecule has 68 heavy (non-hydrogen) atoms. The summed E-state index contributed by atoms with van der Waals surface area (Å²) in [6.07, 6.45) is 0. The zero-order valence-corrected chi connectivity index (χ0v) is 37.7. The van der Waals surface area contributed by atoms with Gasteiger partial charge in [0, 0.05) is 47.8 Å². The first-order chi connectivity index (χ1) is 33.8. The fraction of sp³-hybridized carbons (Fsp3) is 0.0154. The molecule has 3 heterocycles. The summed E-state index contributed by atoms with van der Waals surface area (Å²) in [7, 11) is 0. The fourth-order valence-corrected chi connectivity index (χ4v) is 13.4. The van der Waals surface area contributed by atoms with E-state index in [0.29, 0.717) is 0 Å². The Labute approximate surface area is 397 Å². The standard InChI is InChI=1S/C65H40N2S/c1-2-20-43-41(18-1)19-15-27-44(43)45-21-3-4-22-46(45)47-23-6-11-33-57(47)66(42-38-39-62-52(40-42)49-25-8-14-37-61(49)68-62)60-36-17-31-55-63(60)51-26-5-9-29-53(51)65(55)54-30-10-13-35-59(54)67-58-34-12-7-24-48(58)50-28-16-32-56(65)64(50)67/h1-40H. The molecule has 2 nitrogen and oxygen atoms in total. The van der Waals surface area contributed by atoms with Crippen molar-refractivity contribution in [2.45, 2.75) is 5.41 Å². The first-order valence-electron chi connectivity index (χ1n) is 23.5. The number of hydrogen-bond acceptors (Lipinski definition) is 2.